The number of hydrogen-bond donors (Lipinski definition) is 0. The number of halogens is 1. The normalized spacial score (nSPS) is 12.0. The minimum Gasteiger partial charge on any atom is -0.389 e. The van der Waals surface area contributed by atoms with E-state index in [1.165, 1.54) is 0 Å². The molecule has 0 heterocycles. The second-order valence-electron chi connectivity index (χ2n) is 2.64. The van der Waals surface area contributed by atoms with Crippen LogP contribution < -0.4 is 0 Å². The molecule has 0 saturated carbocycles. The molecule has 0 amide bonds. The molecular formula is C8H19FO2Si. The number of rotatable bonds is 7. The van der Waals surface area contributed by atoms with Crippen molar-refractivity contribution in [2.75, 3.05) is 19.8 Å². The van der Waals surface area contributed by atoms with Crippen LogP contribution in [0.25, 0.3) is 0 Å². The van der Waals surface area contributed by atoms with Gasteiger partial charge in [0.2, 0.25) is 0 Å². The van der Waals surface area contributed by atoms with E-state index >= 15 is 0 Å². The zero-order chi connectivity index (χ0) is 9.45. The Morgan fingerprint density at radius 3 is 2.08 bits per heavy atom. The number of hydrogen-bond acceptors (Lipinski definition) is 2. The Hall–Kier alpha value is 0.0669. The lowest BCUT2D eigenvalue weighted by atomic mass is 10.8. The van der Waals surface area contributed by atoms with Crippen LogP contribution in [-0.2, 0) is 9.16 Å². The highest BCUT2D eigenvalue weighted by Gasteiger charge is 2.31. The van der Waals surface area contributed by atoms with Crippen LogP contribution in [0.2, 0.25) is 12.1 Å². The third kappa shape index (κ3) is 4.85. The lowest BCUT2D eigenvalue weighted by molar-refractivity contribution is 0.101. The molecule has 0 aromatic rings. The molecule has 0 bridgehead atoms. The quantitative estimate of drug-likeness (QED) is 0.352. The summed E-state index contributed by atoms with van der Waals surface area (Å²) < 4.78 is 23.8. The van der Waals surface area contributed by atoms with Crippen LogP contribution >= 0.6 is 0 Å². The van der Waals surface area contributed by atoms with Crippen LogP contribution in [0.15, 0.2) is 0 Å². The molecule has 0 aliphatic rings. The first-order valence-corrected chi connectivity index (χ1v) is 6.79. The predicted octanol–water partition coefficient (Wildman–Crippen LogP) is 2.49. The monoisotopic (exact) mass is 194 g/mol. The molecule has 0 unspecified atom stereocenters. The Balaban J connectivity index is 3.45. The smallest absolute Gasteiger partial charge is 0.383 e. The first-order chi connectivity index (χ1) is 5.68. The summed E-state index contributed by atoms with van der Waals surface area (Å²) in [5, 5.41) is 0. The lowest BCUT2D eigenvalue weighted by Crippen LogP contribution is -2.32. The second kappa shape index (κ2) is 6.57. The van der Waals surface area contributed by atoms with Crippen molar-refractivity contribution in [3.63, 3.8) is 0 Å². The standard InChI is InChI=1S/C8H19FO2Si/c1-4-10-7-8-11-12(9,5-2)6-3/h4-8H2,1-3H3. The molecule has 0 aliphatic carbocycles. The summed E-state index contributed by atoms with van der Waals surface area (Å²) in [5.41, 5.74) is 0. The summed E-state index contributed by atoms with van der Waals surface area (Å²) in [6.45, 7) is 7.18. The van der Waals surface area contributed by atoms with Crippen LogP contribution in [0.3, 0.4) is 0 Å². The third-order valence-corrected chi connectivity index (χ3v) is 4.68. The van der Waals surface area contributed by atoms with E-state index in [9.17, 15) is 4.11 Å². The van der Waals surface area contributed by atoms with E-state index in [2.05, 4.69) is 0 Å². The van der Waals surface area contributed by atoms with Gasteiger partial charge in [0.15, 0.2) is 0 Å². The fraction of sp³-hybridized carbons (Fsp3) is 1.00. The van der Waals surface area contributed by atoms with Crippen molar-refractivity contribution in [2.45, 2.75) is 32.9 Å². The van der Waals surface area contributed by atoms with Gasteiger partial charge in [-0.15, -0.1) is 0 Å². The maximum Gasteiger partial charge on any atom is 0.383 e. The van der Waals surface area contributed by atoms with E-state index in [1.807, 2.05) is 20.8 Å². The SMILES string of the molecule is CCOCCO[Si](F)(CC)CC. The van der Waals surface area contributed by atoms with Crippen LogP contribution in [0, 0.1) is 0 Å². The summed E-state index contributed by atoms with van der Waals surface area (Å²) in [6, 6.07) is 1.07. The largest absolute Gasteiger partial charge is 0.389 e. The summed E-state index contributed by atoms with van der Waals surface area (Å²) in [5.74, 6) is 0. The van der Waals surface area contributed by atoms with Gasteiger partial charge in [0, 0.05) is 6.61 Å². The van der Waals surface area contributed by atoms with Crippen molar-refractivity contribution in [1.82, 2.24) is 0 Å². The first kappa shape index (κ1) is 12.1. The third-order valence-electron chi connectivity index (χ3n) is 1.85. The Kier molecular flexibility index (Phi) is 6.61. The highest BCUT2D eigenvalue weighted by Crippen LogP contribution is 2.17. The fourth-order valence-electron chi connectivity index (χ4n) is 0.882. The van der Waals surface area contributed by atoms with Crippen LogP contribution in [0.5, 0.6) is 0 Å². The maximum absolute atomic E-state index is 13.5. The zero-order valence-electron chi connectivity index (χ0n) is 8.23. The van der Waals surface area contributed by atoms with E-state index in [-0.39, 0.29) is 0 Å². The summed E-state index contributed by atoms with van der Waals surface area (Å²) in [4.78, 5) is 0. The maximum atomic E-state index is 13.5. The molecule has 0 fully saturated rings. The van der Waals surface area contributed by atoms with Crippen molar-refractivity contribution in [3.8, 4) is 0 Å². The van der Waals surface area contributed by atoms with Gasteiger partial charge in [-0.25, -0.2) is 0 Å². The molecule has 0 aromatic carbocycles. The molecule has 0 aromatic heterocycles. The molecule has 0 atom stereocenters. The minimum absolute atomic E-state index is 0.401. The van der Waals surface area contributed by atoms with E-state index < -0.39 is 8.65 Å². The summed E-state index contributed by atoms with van der Waals surface area (Å²) in [7, 11) is -2.83. The van der Waals surface area contributed by atoms with Gasteiger partial charge in [0.25, 0.3) is 0 Å². The van der Waals surface area contributed by atoms with E-state index in [1.54, 1.807) is 0 Å². The molecule has 0 N–H and O–H groups in total. The average Bonchev–Trinajstić information content (AvgIpc) is 2.12. The van der Waals surface area contributed by atoms with Gasteiger partial charge >= 0.3 is 8.65 Å². The van der Waals surface area contributed by atoms with Crippen molar-refractivity contribution in [3.05, 3.63) is 0 Å². The fourth-order valence-corrected chi connectivity index (χ4v) is 2.24. The minimum atomic E-state index is -2.83. The predicted molar refractivity (Wildman–Crippen MR) is 50.3 cm³/mol. The van der Waals surface area contributed by atoms with Gasteiger partial charge in [-0.2, -0.15) is 0 Å². The van der Waals surface area contributed by atoms with Crippen molar-refractivity contribution in [2.24, 2.45) is 0 Å². The van der Waals surface area contributed by atoms with Gasteiger partial charge in [-0.1, -0.05) is 13.8 Å². The highest BCUT2D eigenvalue weighted by atomic mass is 28.4. The number of ether oxygens (including phenoxy) is 1. The topological polar surface area (TPSA) is 18.5 Å². The average molecular weight is 194 g/mol. The molecule has 0 rings (SSSR count). The highest BCUT2D eigenvalue weighted by molar-refractivity contribution is 6.66. The Labute approximate surface area is 75.4 Å². The first-order valence-electron chi connectivity index (χ1n) is 4.59. The second-order valence-corrected chi connectivity index (χ2v) is 6.10. The zero-order valence-corrected chi connectivity index (χ0v) is 9.23. The Morgan fingerprint density at radius 1 is 1.08 bits per heavy atom. The molecule has 0 saturated heterocycles. The van der Waals surface area contributed by atoms with Gasteiger partial charge in [-0.05, 0) is 19.0 Å². The molecule has 4 heteroatoms. The van der Waals surface area contributed by atoms with Gasteiger partial charge in [0.1, 0.15) is 0 Å². The van der Waals surface area contributed by atoms with Gasteiger partial charge in [0.05, 0.1) is 13.2 Å². The summed E-state index contributed by atoms with van der Waals surface area (Å²) >= 11 is 0. The van der Waals surface area contributed by atoms with Crippen molar-refractivity contribution in [1.29, 1.82) is 0 Å². The van der Waals surface area contributed by atoms with Gasteiger partial charge in [-0.3, -0.25) is 4.11 Å². The Bertz CT molecular complexity index is 107. The summed E-state index contributed by atoms with van der Waals surface area (Å²) in [6.07, 6.45) is 0. The van der Waals surface area contributed by atoms with E-state index in [0.717, 1.165) is 0 Å². The molecule has 12 heavy (non-hydrogen) atoms. The van der Waals surface area contributed by atoms with E-state index in [4.69, 9.17) is 9.16 Å². The molecular weight excluding hydrogens is 175 g/mol. The Morgan fingerprint density at radius 2 is 1.67 bits per heavy atom. The molecule has 0 aliphatic heterocycles. The van der Waals surface area contributed by atoms with Gasteiger partial charge < -0.3 is 9.16 Å². The molecule has 0 spiro atoms. The van der Waals surface area contributed by atoms with E-state index in [0.29, 0.717) is 31.9 Å². The lowest BCUT2D eigenvalue weighted by Gasteiger charge is -2.18. The van der Waals surface area contributed by atoms with Crippen molar-refractivity contribution < 1.29 is 13.3 Å². The van der Waals surface area contributed by atoms with Crippen LogP contribution in [0.4, 0.5) is 4.11 Å². The molecule has 2 nitrogen and oxygen atoms in total. The molecule has 74 valence electrons. The van der Waals surface area contributed by atoms with Crippen molar-refractivity contribution >= 4 is 8.65 Å². The van der Waals surface area contributed by atoms with Crippen LogP contribution in [0.1, 0.15) is 20.8 Å². The molecule has 0 radical (unpaired) electrons. The van der Waals surface area contributed by atoms with Crippen LogP contribution in [-0.4, -0.2) is 28.5 Å².